The Bertz CT molecular complexity index is 1560. The highest BCUT2D eigenvalue weighted by molar-refractivity contribution is 5.76. The van der Waals surface area contributed by atoms with E-state index in [1.54, 1.807) is 26.1 Å². The van der Waals surface area contributed by atoms with Crippen LogP contribution in [-0.4, -0.2) is 42.6 Å². The van der Waals surface area contributed by atoms with Gasteiger partial charge in [-0.3, -0.25) is 19.3 Å². The summed E-state index contributed by atoms with van der Waals surface area (Å²) in [6, 6.07) is 1.75. The maximum Gasteiger partial charge on any atom is 0.435 e. The lowest BCUT2D eigenvalue weighted by Crippen LogP contribution is -2.37. The van der Waals surface area contributed by atoms with Crippen LogP contribution in [0, 0.1) is 26.7 Å². The minimum Gasteiger partial charge on any atom is -0.368 e. The first kappa shape index (κ1) is 25.7. The second-order valence-corrected chi connectivity index (χ2v) is 9.49. The number of rotatable bonds is 4. The largest absolute Gasteiger partial charge is 0.435 e. The van der Waals surface area contributed by atoms with Crippen LogP contribution in [0.2, 0.25) is 0 Å². The highest BCUT2D eigenvalue weighted by Gasteiger charge is 2.36. The number of alkyl halides is 3. The maximum absolute atomic E-state index is 14.5. The van der Waals surface area contributed by atoms with Crippen molar-refractivity contribution in [1.82, 2.24) is 29.5 Å². The number of anilines is 1. The van der Waals surface area contributed by atoms with Crippen molar-refractivity contribution in [3.8, 4) is 0 Å². The fraction of sp³-hybridized carbons (Fsp3) is 0.385. The molecule has 198 valence electrons. The van der Waals surface area contributed by atoms with E-state index in [4.69, 9.17) is 0 Å². The summed E-state index contributed by atoms with van der Waals surface area (Å²) in [4.78, 5) is 35.9. The third-order valence-electron chi connectivity index (χ3n) is 7.02. The van der Waals surface area contributed by atoms with Crippen molar-refractivity contribution >= 4 is 16.9 Å². The Morgan fingerprint density at radius 3 is 2.39 bits per heavy atom. The van der Waals surface area contributed by atoms with Crippen molar-refractivity contribution in [3.63, 3.8) is 0 Å². The molecule has 1 aliphatic rings. The summed E-state index contributed by atoms with van der Waals surface area (Å²) < 4.78 is 56.6. The van der Waals surface area contributed by atoms with E-state index in [2.05, 4.69) is 24.9 Å². The Labute approximate surface area is 215 Å². The summed E-state index contributed by atoms with van der Waals surface area (Å²) in [5.41, 5.74) is 1.55. The molecule has 1 fully saturated rings. The minimum absolute atomic E-state index is 0.193. The molecule has 8 nitrogen and oxygen atoms in total. The Kier molecular flexibility index (Phi) is 6.58. The van der Waals surface area contributed by atoms with Crippen LogP contribution < -0.4 is 10.5 Å². The summed E-state index contributed by atoms with van der Waals surface area (Å²) in [5.74, 6) is -0.732. The standard InChI is InChI=1S/C26H25F4N7O/c1-14-4-7-33-23(27)21(14)36-10-5-17(6-11-36)19-16(3)20-24(35-15(2)12-34-20)37(25(19)38)13-18-22(26(28,29)30)32-9-8-31-18/h4,7-9,12,17H,5-6,10-11,13H2,1-3H3. The van der Waals surface area contributed by atoms with E-state index in [9.17, 15) is 22.4 Å². The zero-order valence-electron chi connectivity index (χ0n) is 21.1. The van der Waals surface area contributed by atoms with Crippen LogP contribution in [0.4, 0.5) is 23.2 Å². The van der Waals surface area contributed by atoms with Gasteiger partial charge >= 0.3 is 6.18 Å². The molecular formula is C26H25F4N7O. The van der Waals surface area contributed by atoms with E-state index in [1.807, 2.05) is 11.8 Å². The molecule has 1 saturated heterocycles. The molecule has 0 aromatic carbocycles. The molecule has 5 rings (SSSR count). The average Bonchev–Trinajstić information content (AvgIpc) is 2.87. The fourth-order valence-electron chi connectivity index (χ4n) is 5.23. The number of aryl methyl sites for hydroxylation is 3. The van der Waals surface area contributed by atoms with Crippen molar-refractivity contribution in [2.24, 2.45) is 0 Å². The van der Waals surface area contributed by atoms with Gasteiger partial charge in [-0.2, -0.15) is 17.6 Å². The number of hydrogen-bond acceptors (Lipinski definition) is 7. The molecule has 0 unspecified atom stereocenters. The molecule has 0 amide bonds. The first-order valence-electron chi connectivity index (χ1n) is 12.2. The summed E-state index contributed by atoms with van der Waals surface area (Å²) in [7, 11) is 0. The van der Waals surface area contributed by atoms with Gasteiger partial charge in [0.1, 0.15) is 5.52 Å². The second-order valence-electron chi connectivity index (χ2n) is 9.49. The molecule has 0 spiro atoms. The van der Waals surface area contributed by atoms with Gasteiger partial charge in [0.2, 0.25) is 5.95 Å². The summed E-state index contributed by atoms with van der Waals surface area (Å²) in [6.45, 7) is 5.83. The molecule has 0 aliphatic carbocycles. The van der Waals surface area contributed by atoms with Crippen molar-refractivity contribution in [2.75, 3.05) is 18.0 Å². The number of piperidine rings is 1. The Morgan fingerprint density at radius 2 is 1.71 bits per heavy atom. The molecule has 4 aromatic rings. The van der Waals surface area contributed by atoms with E-state index in [0.717, 1.165) is 11.8 Å². The highest BCUT2D eigenvalue weighted by atomic mass is 19.4. The number of halogens is 4. The lowest BCUT2D eigenvalue weighted by molar-refractivity contribution is -0.142. The Morgan fingerprint density at radius 1 is 1.00 bits per heavy atom. The van der Waals surface area contributed by atoms with Gasteiger partial charge in [-0.15, -0.1) is 0 Å². The van der Waals surface area contributed by atoms with Gasteiger partial charge in [-0.1, -0.05) is 0 Å². The van der Waals surface area contributed by atoms with Crippen LogP contribution in [0.1, 0.15) is 52.5 Å². The molecule has 0 bridgehead atoms. The number of aromatic nitrogens is 6. The average molecular weight is 528 g/mol. The van der Waals surface area contributed by atoms with E-state index in [0.29, 0.717) is 54.0 Å². The van der Waals surface area contributed by atoms with Crippen molar-refractivity contribution in [1.29, 1.82) is 0 Å². The Hall–Kier alpha value is -3.96. The molecule has 0 radical (unpaired) electrons. The summed E-state index contributed by atoms with van der Waals surface area (Å²) in [6.07, 6.45) is 1.49. The van der Waals surface area contributed by atoms with Gasteiger partial charge in [0, 0.05) is 43.4 Å². The van der Waals surface area contributed by atoms with Crippen molar-refractivity contribution in [3.05, 3.63) is 80.9 Å². The van der Waals surface area contributed by atoms with Gasteiger partial charge in [-0.05, 0) is 56.7 Å². The molecule has 12 heteroatoms. The quantitative estimate of drug-likeness (QED) is 0.285. The topological polar surface area (TPSA) is 89.7 Å². The smallest absolute Gasteiger partial charge is 0.368 e. The fourth-order valence-corrected chi connectivity index (χ4v) is 5.23. The van der Waals surface area contributed by atoms with Gasteiger partial charge in [0.05, 0.1) is 23.6 Å². The van der Waals surface area contributed by atoms with Crippen molar-refractivity contribution in [2.45, 2.75) is 52.3 Å². The van der Waals surface area contributed by atoms with E-state index >= 15 is 0 Å². The molecule has 4 aromatic heterocycles. The zero-order chi connectivity index (χ0) is 27.2. The lowest BCUT2D eigenvalue weighted by atomic mass is 9.87. The van der Waals surface area contributed by atoms with E-state index in [-0.39, 0.29) is 17.3 Å². The van der Waals surface area contributed by atoms with Gasteiger partial charge in [-0.25, -0.2) is 15.0 Å². The first-order valence-corrected chi connectivity index (χ1v) is 12.2. The van der Waals surface area contributed by atoms with E-state index < -0.39 is 29.9 Å². The van der Waals surface area contributed by atoms with E-state index in [1.165, 1.54) is 17.0 Å². The molecule has 0 saturated carbocycles. The van der Waals surface area contributed by atoms with Crippen LogP contribution in [-0.2, 0) is 12.7 Å². The van der Waals surface area contributed by atoms with Gasteiger partial charge in [0.15, 0.2) is 11.3 Å². The normalized spacial score (nSPS) is 14.9. The summed E-state index contributed by atoms with van der Waals surface area (Å²) in [5, 5.41) is 0. The SMILES string of the molecule is Cc1cnc2c(C)c(C3CCN(c4c(C)ccnc4F)CC3)c(=O)n(Cc3nccnc3C(F)(F)F)c2n1. The van der Waals surface area contributed by atoms with Gasteiger partial charge < -0.3 is 4.90 Å². The molecule has 0 N–H and O–H groups in total. The molecule has 38 heavy (non-hydrogen) atoms. The molecule has 1 aliphatic heterocycles. The third-order valence-corrected chi connectivity index (χ3v) is 7.02. The molecular weight excluding hydrogens is 502 g/mol. The highest BCUT2D eigenvalue weighted by Crippen LogP contribution is 2.34. The number of fused-ring (bicyclic) bond motifs is 1. The second kappa shape index (κ2) is 9.73. The van der Waals surface area contributed by atoms with Gasteiger partial charge in [0.25, 0.3) is 5.56 Å². The monoisotopic (exact) mass is 527 g/mol. The number of nitrogens with zero attached hydrogens (tertiary/aromatic N) is 7. The number of hydrogen-bond donors (Lipinski definition) is 0. The third kappa shape index (κ3) is 4.59. The minimum atomic E-state index is -4.73. The Balaban J connectivity index is 1.57. The van der Waals surface area contributed by atoms with Crippen molar-refractivity contribution < 1.29 is 17.6 Å². The zero-order valence-corrected chi connectivity index (χ0v) is 21.1. The summed E-state index contributed by atoms with van der Waals surface area (Å²) >= 11 is 0. The molecule has 5 heterocycles. The first-order chi connectivity index (χ1) is 18.1. The lowest BCUT2D eigenvalue weighted by Gasteiger charge is -2.35. The molecule has 0 atom stereocenters. The maximum atomic E-state index is 14.5. The van der Waals surface area contributed by atoms with Crippen LogP contribution in [0.5, 0.6) is 0 Å². The van der Waals surface area contributed by atoms with Crippen LogP contribution in [0.3, 0.4) is 0 Å². The van der Waals surface area contributed by atoms with Crippen LogP contribution in [0.15, 0.2) is 35.6 Å². The predicted molar refractivity (Wildman–Crippen MR) is 133 cm³/mol. The number of pyridine rings is 2. The predicted octanol–water partition coefficient (Wildman–Crippen LogP) is 4.49. The van der Waals surface area contributed by atoms with Crippen LogP contribution >= 0.6 is 0 Å². The van der Waals surface area contributed by atoms with Crippen LogP contribution in [0.25, 0.3) is 11.2 Å².